The Labute approximate surface area is 173 Å². The predicted molar refractivity (Wildman–Crippen MR) is 113 cm³/mol. The topological polar surface area (TPSA) is 61.8 Å². The molecule has 5 nitrogen and oxygen atoms in total. The lowest BCUT2D eigenvalue weighted by Gasteiger charge is -2.08. The molecule has 0 saturated carbocycles. The van der Waals surface area contributed by atoms with Crippen molar-refractivity contribution >= 4 is 11.9 Å². The zero-order valence-electron chi connectivity index (χ0n) is 17.3. The van der Waals surface area contributed by atoms with Gasteiger partial charge in [-0.3, -0.25) is 4.79 Å². The van der Waals surface area contributed by atoms with Gasteiger partial charge in [0.25, 0.3) is 0 Å². The van der Waals surface area contributed by atoms with Crippen LogP contribution < -0.4 is 4.74 Å². The van der Waals surface area contributed by atoms with E-state index in [0.29, 0.717) is 25.4 Å². The predicted octanol–water partition coefficient (Wildman–Crippen LogP) is 5.42. The van der Waals surface area contributed by atoms with Crippen LogP contribution in [0.1, 0.15) is 56.3 Å². The second-order valence-corrected chi connectivity index (χ2v) is 6.84. The third-order valence-electron chi connectivity index (χ3n) is 4.36. The van der Waals surface area contributed by atoms with E-state index in [2.05, 4.69) is 6.92 Å². The molecule has 0 N–H and O–H groups in total. The molecule has 2 rings (SSSR count). The van der Waals surface area contributed by atoms with E-state index in [0.717, 1.165) is 49.0 Å². The van der Waals surface area contributed by atoms with Crippen LogP contribution in [0, 0.1) is 0 Å². The van der Waals surface area contributed by atoms with Gasteiger partial charge in [-0.2, -0.15) is 0 Å². The highest BCUT2D eigenvalue weighted by Gasteiger charge is 2.07. The summed E-state index contributed by atoms with van der Waals surface area (Å²) in [6.45, 7) is 5.05. The van der Waals surface area contributed by atoms with Crippen LogP contribution in [0.4, 0.5) is 0 Å². The monoisotopic (exact) mass is 398 g/mol. The van der Waals surface area contributed by atoms with Gasteiger partial charge in [0.2, 0.25) is 0 Å². The number of carbonyl (C=O) groups is 2. The summed E-state index contributed by atoms with van der Waals surface area (Å²) in [6.07, 6.45) is 4.50. The molecule has 0 aliphatic rings. The summed E-state index contributed by atoms with van der Waals surface area (Å²) in [5.74, 6) is 0.310. The molecule has 2 aromatic rings. The molecule has 0 unspecified atom stereocenters. The standard InChI is InChI=1S/C24H30O5/c1-3-16-28-23-14-12-21(13-15-23)20-8-10-22(11-9-20)24(26)29-18-7-5-4-6-17-27-19(2)25/h8-15H,3-7,16-18H2,1-2H3. The summed E-state index contributed by atoms with van der Waals surface area (Å²) in [5.41, 5.74) is 2.66. The van der Waals surface area contributed by atoms with Crippen molar-refractivity contribution in [2.24, 2.45) is 0 Å². The minimum Gasteiger partial charge on any atom is -0.494 e. The van der Waals surface area contributed by atoms with Gasteiger partial charge in [-0.15, -0.1) is 0 Å². The Hall–Kier alpha value is -2.82. The number of hydrogen-bond donors (Lipinski definition) is 0. The summed E-state index contributed by atoms with van der Waals surface area (Å²) in [4.78, 5) is 22.8. The van der Waals surface area contributed by atoms with E-state index in [-0.39, 0.29) is 11.9 Å². The number of benzene rings is 2. The first-order valence-electron chi connectivity index (χ1n) is 10.2. The van der Waals surface area contributed by atoms with Crippen LogP contribution in [0.25, 0.3) is 11.1 Å². The van der Waals surface area contributed by atoms with E-state index in [1.165, 1.54) is 6.92 Å². The minimum absolute atomic E-state index is 0.247. The molecular weight excluding hydrogens is 368 g/mol. The molecule has 0 aliphatic heterocycles. The van der Waals surface area contributed by atoms with Gasteiger partial charge in [0.1, 0.15) is 5.75 Å². The summed E-state index contributed by atoms with van der Waals surface area (Å²) < 4.78 is 15.8. The molecule has 2 aromatic carbocycles. The summed E-state index contributed by atoms with van der Waals surface area (Å²) in [7, 11) is 0. The second kappa shape index (κ2) is 12.6. The fourth-order valence-corrected chi connectivity index (χ4v) is 2.78. The van der Waals surface area contributed by atoms with Gasteiger partial charge in [-0.05, 0) is 67.5 Å². The lowest BCUT2D eigenvalue weighted by atomic mass is 10.0. The second-order valence-electron chi connectivity index (χ2n) is 6.84. The van der Waals surface area contributed by atoms with Crippen LogP contribution in [0.15, 0.2) is 48.5 Å². The molecular formula is C24H30O5. The summed E-state index contributed by atoms with van der Waals surface area (Å²) in [5, 5.41) is 0. The average Bonchev–Trinajstić information content (AvgIpc) is 2.74. The van der Waals surface area contributed by atoms with Crippen LogP contribution >= 0.6 is 0 Å². The molecule has 0 aliphatic carbocycles. The average molecular weight is 398 g/mol. The van der Waals surface area contributed by atoms with Gasteiger partial charge in [0.15, 0.2) is 0 Å². The molecule has 5 heteroatoms. The molecule has 29 heavy (non-hydrogen) atoms. The first-order valence-corrected chi connectivity index (χ1v) is 10.2. The number of rotatable bonds is 12. The Bertz CT molecular complexity index is 750. The molecule has 0 spiro atoms. The van der Waals surface area contributed by atoms with Gasteiger partial charge in [0.05, 0.1) is 25.4 Å². The molecule has 0 bridgehead atoms. The Morgan fingerprint density at radius 3 is 1.83 bits per heavy atom. The van der Waals surface area contributed by atoms with Crippen molar-refractivity contribution in [3.8, 4) is 16.9 Å². The van der Waals surface area contributed by atoms with Gasteiger partial charge in [-0.25, -0.2) is 4.79 Å². The van der Waals surface area contributed by atoms with E-state index in [4.69, 9.17) is 14.2 Å². The maximum atomic E-state index is 12.2. The fourth-order valence-electron chi connectivity index (χ4n) is 2.78. The molecule has 0 fully saturated rings. The van der Waals surface area contributed by atoms with Gasteiger partial charge in [0, 0.05) is 6.92 Å². The van der Waals surface area contributed by atoms with Gasteiger partial charge < -0.3 is 14.2 Å². The van der Waals surface area contributed by atoms with Crippen molar-refractivity contribution < 1.29 is 23.8 Å². The third kappa shape index (κ3) is 8.38. The number of ether oxygens (including phenoxy) is 3. The van der Waals surface area contributed by atoms with Crippen molar-refractivity contribution in [3.05, 3.63) is 54.1 Å². The molecule has 0 radical (unpaired) electrons. The molecule has 0 atom stereocenters. The summed E-state index contributed by atoms with van der Waals surface area (Å²) in [6, 6.07) is 15.4. The van der Waals surface area contributed by atoms with Crippen LogP contribution in [0.2, 0.25) is 0 Å². The number of hydrogen-bond acceptors (Lipinski definition) is 5. The zero-order chi connectivity index (χ0) is 20.9. The largest absolute Gasteiger partial charge is 0.494 e. The Morgan fingerprint density at radius 1 is 0.724 bits per heavy atom. The highest BCUT2D eigenvalue weighted by molar-refractivity contribution is 5.90. The molecule has 0 heterocycles. The maximum Gasteiger partial charge on any atom is 0.338 e. The first kappa shape index (κ1) is 22.5. The molecule has 0 aromatic heterocycles. The normalized spacial score (nSPS) is 10.4. The van der Waals surface area contributed by atoms with E-state index in [9.17, 15) is 9.59 Å². The van der Waals surface area contributed by atoms with E-state index in [1.54, 1.807) is 12.1 Å². The summed E-state index contributed by atoms with van der Waals surface area (Å²) >= 11 is 0. The Balaban J connectivity index is 1.72. The highest BCUT2D eigenvalue weighted by Crippen LogP contribution is 2.23. The fraction of sp³-hybridized carbons (Fsp3) is 0.417. The zero-order valence-corrected chi connectivity index (χ0v) is 17.3. The van der Waals surface area contributed by atoms with Gasteiger partial charge >= 0.3 is 11.9 Å². The smallest absolute Gasteiger partial charge is 0.338 e. The van der Waals surface area contributed by atoms with Crippen molar-refractivity contribution in [1.29, 1.82) is 0 Å². The SMILES string of the molecule is CCCOc1ccc(-c2ccc(C(=O)OCCCCCCOC(C)=O)cc2)cc1. The highest BCUT2D eigenvalue weighted by atomic mass is 16.5. The van der Waals surface area contributed by atoms with Crippen LogP contribution in [0.3, 0.4) is 0 Å². The lowest BCUT2D eigenvalue weighted by molar-refractivity contribution is -0.141. The van der Waals surface area contributed by atoms with Crippen molar-refractivity contribution in [2.45, 2.75) is 46.0 Å². The molecule has 156 valence electrons. The van der Waals surface area contributed by atoms with E-state index in [1.807, 2.05) is 36.4 Å². The van der Waals surface area contributed by atoms with Gasteiger partial charge in [-0.1, -0.05) is 31.2 Å². The number of esters is 2. The van der Waals surface area contributed by atoms with E-state index >= 15 is 0 Å². The van der Waals surface area contributed by atoms with E-state index < -0.39 is 0 Å². The lowest BCUT2D eigenvalue weighted by Crippen LogP contribution is -2.06. The third-order valence-corrected chi connectivity index (χ3v) is 4.36. The first-order chi connectivity index (χ1) is 14.1. The van der Waals surface area contributed by atoms with Crippen LogP contribution in [-0.2, 0) is 14.3 Å². The molecule has 0 amide bonds. The maximum absolute atomic E-state index is 12.2. The van der Waals surface area contributed by atoms with Crippen LogP contribution in [-0.4, -0.2) is 31.8 Å². The Morgan fingerprint density at radius 2 is 1.28 bits per heavy atom. The van der Waals surface area contributed by atoms with Crippen molar-refractivity contribution in [3.63, 3.8) is 0 Å². The Kier molecular flexibility index (Phi) is 9.76. The quantitative estimate of drug-likeness (QED) is 0.353. The van der Waals surface area contributed by atoms with Crippen molar-refractivity contribution in [1.82, 2.24) is 0 Å². The minimum atomic E-state index is -0.306. The van der Waals surface area contributed by atoms with Crippen molar-refractivity contribution in [2.75, 3.05) is 19.8 Å². The molecule has 0 saturated heterocycles. The number of carbonyl (C=O) groups excluding carboxylic acids is 2. The van der Waals surface area contributed by atoms with Crippen LogP contribution in [0.5, 0.6) is 5.75 Å². The number of unbranched alkanes of at least 4 members (excludes halogenated alkanes) is 3.